The van der Waals surface area contributed by atoms with E-state index >= 15 is 0 Å². The van der Waals surface area contributed by atoms with Crippen molar-refractivity contribution in [3.8, 4) is 6.07 Å². The average Bonchev–Trinajstić information content (AvgIpc) is 3.04. The van der Waals surface area contributed by atoms with Crippen LogP contribution in [-0.2, 0) is 29.5 Å². The van der Waals surface area contributed by atoms with Crippen LogP contribution in [0.3, 0.4) is 0 Å². The maximum absolute atomic E-state index is 12.3. The maximum Gasteiger partial charge on any atom is 0.331 e. The summed E-state index contributed by atoms with van der Waals surface area (Å²) in [6.45, 7) is 6.55. The van der Waals surface area contributed by atoms with Crippen molar-refractivity contribution in [1.29, 1.82) is 5.26 Å². The van der Waals surface area contributed by atoms with E-state index in [9.17, 15) is 19.6 Å². The number of carbonyl (C=O) groups excluding carboxylic acids is 1. The van der Waals surface area contributed by atoms with Crippen molar-refractivity contribution in [1.82, 2.24) is 9.55 Å². The highest BCUT2D eigenvalue weighted by molar-refractivity contribution is 5.71. The summed E-state index contributed by atoms with van der Waals surface area (Å²) in [5.41, 5.74) is -3.31. The van der Waals surface area contributed by atoms with Crippen LogP contribution in [0.15, 0.2) is 21.9 Å². The summed E-state index contributed by atoms with van der Waals surface area (Å²) in [6.07, 6.45) is -1.39. The van der Waals surface area contributed by atoms with E-state index in [4.69, 9.17) is 18.9 Å². The first kappa shape index (κ1) is 19.3. The number of carbonyl (C=O) groups is 1. The molecule has 1 N–H and O–H groups in total. The highest BCUT2D eigenvalue weighted by atomic mass is 16.8. The molecule has 2 aliphatic heterocycles. The summed E-state index contributed by atoms with van der Waals surface area (Å²) in [7, 11) is 0. The highest BCUT2D eigenvalue weighted by Crippen LogP contribution is 2.46. The van der Waals surface area contributed by atoms with Gasteiger partial charge in [-0.05, 0) is 13.8 Å². The highest BCUT2D eigenvalue weighted by Gasteiger charge is 2.65. The van der Waals surface area contributed by atoms with Crippen LogP contribution in [0.4, 0.5) is 0 Å². The van der Waals surface area contributed by atoms with E-state index in [0.717, 1.165) is 10.6 Å². The summed E-state index contributed by atoms with van der Waals surface area (Å²) >= 11 is 0. The molecule has 0 aliphatic carbocycles. The molecule has 146 valence electrons. The van der Waals surface area contributed by atoms with Gasteiger partial charge in [-0.1, -0.05) is 13.8 Å². The summed E-state index contributed by atoms with van der Waals surface area (Å²) in [4.78, 5) is 37.6. The van der Waals surface area contributed by atoms with Gasteiger partial charge >= 0.3 is 11.7 Å². The van der Waals surface area contributed by atoms with E-state index in [1.807, 2.05) is 6.07 Å². The van der Waals surface area contributed by atoms with Gasteiger partial charge in [-0.15, -0.1) is 0 Å². The Morgan fingerprint density at radius 2 is 2.07 bits per heavy atom. The number of aromatic amines is 1. The lowest BCUT2D eigenvalue weighted by molar-refractivity contribution is -0.220. The maximum atomic E-state index is 12.3. The SMILES string of the molecule is CC(C)C(=O)OC[C@H]1O[C@@](C#N)(n2ccc(=O)[nH]c2=O)[C@@H]2OC(C)(C)O[C@@H]21. The Morgan fingerprint density at radius 3 is 2.67 bits per heavy atom. The largest absolute Gasteiger partial charge is 0.463 e. The molecule has 1 aromatic rings. The Bertz CT molecular complexity index is 897. The third kappa shape index (κ3) is 3.29. The van der Waals surface area contributed by atoms with Gasteiger partial charge in [0.2, 0.25) is 0 Å². The molecule has 0 bridgehead atoms. The molecule has 3 heterocycles. The third-order valence-corrected chi connectivity index (χ3v) is 4.42. The first-order valence-electron chi connectivity index (χ1n) is 8.53. The molecule has 0 unspecified atom stereocenters. The van der Waals surface area contributed by atoms with Crippen LogP contribution in [0.5, 0.6) is 0 Å². The number of hydrogen-bond donors (Lipinski definition) is 1. The van der Waals surface area contributed by atoms with Crippen LogP contribution in [-0.4, -0.2) is 46.2 Å². The minimum atomic E-state index is -1.88. The van der Waals surface area contributed by atoms with Gasteiger partial charge in [0.1, 0.15) is 24.9 Å². The van der Waals surface area contributed by atoms with Crippen molar-refractivity contribution in [2.45, 2.75) is 57.5 Å². The molecular formula is C17H21N3O7. The standard InChI is InChI=1S/C17H21N3O7/c1-9(2)14(22)24-7-10-12-13(27-16(3,4)26-12)17(8-18,25-10)20-6-5-11(21)19-15(20)23/h5-6,9-10,12-13H,7H2,1-4H3,(H,19,21,23)/t10-,12-,13-,17-/m1/s1. The number of nitriles is 1. The van der Waals surface area contributed by atoms with Crippen LogP contribution in [0.1, 0.15) is 27.7 Å². The molecule has 10 nitrogen and oxygen atoms in total. The first-order valence-corrected chi connectivity index (χ1v) is 8.53. The van der Waals surface area contributed by atoms with Gasteiger partial charge in [0, 0.05) is 12.3 Å². The summed E-state index contributed by atoms with van der Waals surface area (Å²) in [5, 5.41) is 9.89. The zero-order valence-corrected chi connectivity index (χ0v) is 15.4. The number of nitrogens with one attached hydrogen (secondary N) is 1. The number of esters is 1. The second-order valence-corrected chi connectivity index (χ2v) is 7.25. The van der Waals surface area contributed by atoms with Crippen LogP contribution in [0.2, 0.25) is 0 Å². The number of nitrogens with zero attached hydrogens (tertiary/aromatic N) is 2. The van der Waals surface area contributed by atoms with Gasteiger partial charge in [0.05, 0.1) is 5.92 Å². The minimum Gasteiger partial charge on any atom is -0.463 e. The molecule has 0 saturated carbocycles. The summed E-state index contributed by atoms with van der Waals surface area (Å²) < 4.78 is 23.7. The van der Waals surface area contributed by atoms with Crippen molar-refractivity contribution < 1.29 is 23.7 Å². The Morgan fingerprint density at radius 1 is 1.37 bits per heavy atom. The number of hydrogen-bond acceptors (Lipinski definition) is 8. The molecule has 4 atom stereocenters. The molecule has 2 aliphatic rings. The van der Waals surface area contributed by atoms with Crippen molar-refractivity contribution in [2.75, 3.05) is 6.61 Å². The van der Waals surface area contributed by atoms with E-state index in [1.165, 1.54) is 6.20 Å². The van der Waals surface area contributed by atoms with E-state index in [0.29, 0.717) is 0 Å². The molecule has 0 amide bonds. The molecular weight excluding hydrogens is 358 g/mol. The van der Waals surface area contributed by atoms with Crippen LogP contribution >= 0.6 is 0 Å². The number of fused-ring (bicyclic) bond motifs is 1. The lowest BCUT2D eigenvalue weighted by atomic mass is 10.0. The molecule has 2 fully saturated rings. The zero-order valence-electron chi connectivity index (χ0n) is 15.4. The molecule has 0 spiro atoms. The predicted molar refractivity (Wildman–Crippen MR) is 89.4 cm³/mol. The second kappa shape index (κ2) is 6.60. The lowest BCUT2D eigenvalue weighted by Gasteiger charge is -2.30. The van der Waals surface area contributed by atoms with Crippen LogP contribution < -0.4 is 11.2 Å². The fourth-order valence-electron chi connectivity index (χ4n) is 3.20. The van der Waals surface area contributed by atoms with E-state index in [2.05, 4.69) is 4.98 Å². The fourth-order valence-corrected chi connectivity index (χ4v) is 3.20. The van der Waals surface area contributed by atoms with Crippen LogP contribution in [0.25, 0.3) is 0 Å². The van der Waals surface area contributed by atoms with Crippen molar-refractivity contribution in [3.63, 3.8) is 0 Å². The molecule has 0 radical (unpaired) electrons. The fraction of sp³-hybridized carbons (Fsp3) is 0.647. The lowest BCUT2D eigenvalue weighted by Crippen LogP contribution is -2.50. The quantitative estimate of drug-likeness (QED) is 0.713. The predicted octanol–water partition coefficient (Wildman–Crippen LogP) is -0.169. The average molecular weight is 379 g/mol. The second-order valence-electron chi connectivity index (χ2n) is 7.25. The Balaban J connectivity index is 1.99. The van der Waals surface area contributed by atoms with E-state index in [1.54, 1.807) is 27.7 Å². The number of ether oxygens (including phenoxy) is 4. The first-order chi connectivity index (χ1) is 12.6. The minimum absolute atomic E-state index is 0.168. The van der Waals surface area contributed by atoms with E-state index in [-0.39, 0.29) is 12.5 Å². The number of aromatic nitrogens is 2. The van der Waals surface area contributed by atoms with Gasteiger partial charge in [0.25, 0.3) is 11.3 Å². The smallest absolute Gasteiger partial charge is 0.331 e. The third-order valence-electron chi connectivity index (χ3n) is 4.42. The topological polar surface area (TPSA) is 133 Å². The zero-order chi connectivity index (χ0) is 20.0. The van der Waals surface area contributed by atoms with Gasteiger partial charge in [-0.3, -0.25) is 19.1 Å². The summed E-state index contributed by atoms with van der Waals surface area (Å²) in [5.74, 6) is -1.79. The molecule has 2 saturated heterocycles. The molecule has 3 rings (SSSR count). The Kier molecular flexibility index (Phi) is 4.71. The van der Waals surface area contributed by atoms with E-state index < -0.39 is 47.0 Å². The molecule has 10 heteroatoms. The summed E-state index contributed by atoms with van der Waals surface area (Å²) in [6, 6.07) is 3.08. The van der Waals surface area contributed by atoms with Gasteiger partial charge in [-0.25, -0.2) is 4.79 Å². The Hall–Kier alpha value is -2.48. The number of H-pyrrole nitrogens is 1. The van der Waals surface area contributed by atoms with Gasteiger partial charge < -0.3 is 18.9 Å². The normalized spacial score (nSPS) is 31.5. The monoisotopic (exact) mass is 379 g/mol. The number of rotatable bonds is 4. The van der Waals surface area contributed by atoms with Gasteiger partial charge in [-0.2, -0.15) is 5.26 Å². The molecule has 27 heavy (non-hydrogen) atoms. The molecule has 1 aromatic heterocycles. The van der Waals surface area contributed by atoms with Crippen molar-refractivity contribution >= 4 is 5.97 Å². The molecule has 0 aromatic carbocycles. The Labute approximate surface area is 154 Å². The van der Waals surface area contributed by atoms with Crippen LogP contribution in [0, 0.1) is 17.2 Å². The van der Waals surface area contributed by atoms with Gasteiger partial charge in [0.15, 0.2) is 11.9 Å². The van der Waals surface area contributed by atoms with Crippen molar-refractivity contribution in [2.24, 2.45) is 5.92 Å². The van der Waals surface area contributed by atoms with Crippen molar-refractivity contribution in [3.05, 3.63) is 33.1 Å².